The minimum absolute atomic E-state index is 0.106. The molecule has 0 radical (unpaired) electrons. The molecule has 2 atom stereocenters. The van der Waals surface area contributed by atoms with Crippen LogP contribution >= 0.6 is 11.6 Å². The maximum absolute atomic E-state index is 12.7. The van der Waals surface area contributed by atoms with Crippen molar-refractivity contribution in [2.24, 2.45) is 5.92 Å². The first kappa shape index (κ1) is 13.5. The second-order valence-corrected chi connectivity index (χ2v) is 4.95. The van der Waals surface area contributed by atoms with Gasteiger partial charge in [0, 0.05) is 12.2 Å². The summed E-state index contributed by atoms with van der Waals surface area (Å²) in [7, 11) is 0. The van der Waals surface area contributed by atoms with E-state index in [0.29, 0.717) is 17.3 Å². The van der Waals surface area contributed by atoms with Gasteiger partial charge in [0.05, 0.1) is 11.6 Å². The van der Waals surface area contributed by atoms with Gasteiger partial charge in [0.25, 0.3) is 0 Å². The number of nitrogens with one attached hydrogen (secondary N) is 1. The first-order valence-electron chi connectivity index (χ1n) is 5.90. The van der Waals surface area contributed by atoms with E-state index in [0.717, 1.165) is 6.42 Å². The van der Waals surface area contributed by atoms with E-state index in [1.807, 2.05) is 0 Å². The van der Waals surface area contributed by atoms with Gasteiger partial charge in [-0.05, 0) is 31.4 Å². The number of alkyl halides is 3. The number of nitrogens with zero attached hydrogens (tertiary/aromatic N) is 1. The molecule has 1 aliphatic rings. The van der Waals surface area contributed by atoms with Crippen molar-refractivity contribution in [1.29, 1.82) is 0 Å². The smallest absolute Gasteiger partial charge is 0.380 e. The molecule has 0 aromatic carbocycles. The Hall–Kier alpha value is -0.970. The minimum atomic E-state index is -4.10. The summed E-state index contributed by atoms with van der Waals surface area (Å²) < 4.78 is 38.0. The number of pyridine rings is 1. The molecule has 1 aromatic heterocycles. The van der Waals surface area contributed by atoms with Crippen LogP contribution in [-0.4, -0.2) is 17.2 Å². The molecule has 0 bridgehead atoms. The van der Waals surface area contributed by atoms with Crippen LogP contribution in [-0.2, 0) is 0 Å². The molecular formula is C12H14ClF3N2. The van der Waals surface area contributed by atoms with Crippen molar-refractivity contribution >= 4 is 17.3 Å². The monoisotopic (exact) mass is 278 g/mol. The molecule has 1 saturated carbocycles. The molecule has 2 unspecified atom stereocenters. The van der Waals surface area contributed by atoms with Gasteiger partial charge < -0.3 is 5.32 Å². The third-order valence-corrected chi connectivity index (χ3v) is 3.56. The Bertz CT molecular complexity index is 409. The summed E-state index contributed by atoms with van der Waals surface area (Å²) in [4.78, 5) is 3.89. The Labute approximate surface area is 109 Å². The molecule has 1 heterocycles. The van der Waals surface area contributed by atoms with Gasteiger partial charge in [-0.2, -0.15) is 13.2 Å². The van der Waals surface area contributed by atoms with Gasteiger partial charge in [-0.25, -0.2) is 4.98 Å². The molecule has 0 aliphatic heterocycles. The molecule has 1 aromatic rings. The zero-order chi connectivity index (χ0) is 13.2. The molecule has 2 nitrogen and oxygen atoms in total. The van der Waals surface area contributed by atoms with Crippen LogP contribution in [0.5, 0.6) is 0 Å². The maximum Gasteiger partial charge on any atom is 0.391 e. The van der Waals surface area contributed by atoms with E-state index in [2.05, 4.69) is 10.3 Å². The van der Waals surface area contributed by atoms with Gasteiger partial charge in [-0.1, -0.05) is 18.0 Å². The minimum Gasteiger partial charge on any atom is -0.380 e. The summed E-state index contributed by atoms with van der Waals surface area (Å²) in [5.74, 6) is -1.21. The lowest BCUT2D eigenvalue weighted by Crippen LogP contribution is -2.34. The van der Waals surface area contributed by atoms with Crippen LogP contribution in [0.1, 0.15) is 25.7 Å². The third-order valence-electron chi connectivity index (χ3n) is 3.26. The van der Waals surface area contributed by atoms with Gasteiger partial charge >= 0.3 is 6.18 Å². The van der Waals surface area contributed by atoms with E-state index in [-0.39, 0.29) is 18.9 Å². The largest absolute Gasteiger partial charge is 0.391 e. The summed E-state index contributed by atoms with van der Waals surface area (Å²) >= 11 is 5.87. The highest BCUT2D eigenvalue weighted by Gasteiger charge is 2.42. The maximum atomic E-state index is 12.7. The van der Waals surface area contributed by atoms with Crippen LogP contribution in [0.2, 0.25) is 5.15 Å². The average Bonchev–Trinajstić information content (AvgIpc) is 2.31. The predicted octanol–water partition coefficient (Wildman–Crippen LogP) is 4.27. The van der Waals surface area contributed by atoms with Gasteiger partial charge in [0.2, 0.25) is 0 Å². The lowest BCUT2D eigenvalue weighted by Gasteiger charge is -2.31. The Balaban J connectivity index is 2.00. The van der Waals surface area contributed by atoms with E-state index in [1.165, 1.54) is 0 Å². The molecule has 0 amide bonds. The van der Waals surface area contributed by atoms with E-state index in [9.17, 15) is 13.2 Å². The summed E-state index contributed by atoms with van der Waals surface area (Å²) in [5.41, 5.74) is 0.604. The fraction of sp³-hybridized carbons (Fsp3) is 0.583. The van der Waals surface area contributed by atoms with Crippen molar-refractivity contribution in [2.45, 2.75) is 37.9 Å². The molecule has 0 spiro atoms. The number of rotatable bonds is 2. The standard InChI is InChI=1S/C12H14ClF3N2/c13-11-10(5-2-6-17-11)18-9-4-1-3-8(7-9)12(14,15)16/h2,5-6,8-9,18H,1,3-4,7H2. The van der Waals surface area contributed by atoms with Crippen LogP contribution in [0.4, 0.5) is 18.9 Å². The van der Waals surface area contributed by atoms with Gasteiger partial charge in [-0.3, -0.25) is 0 Å². The van der Waals surface area contributed by atoms with Crippen molar-refractivity contribution < 1.29 is 13.2 Å². The lowest BCUT2D eigenvalue weighted by atomic mass is 9.85. The highest BCUT2D eigenvalue weighted by atomic mass is 35.5. The topological polar surface area (TPSA) is 24.9 Å². The fourth-order valence-electron chi connectivity index (χ4n) is 2.33. The Kier molecular flexibility index (Phi) is 4.00. The molecule has 6 heteroatoms. The quantitative estimate of drug-likeness (QED) is 0.817. The van der Waals surface area contributed by atoms with E-state index in [1.54, 1.807) is 18.3 Å². The molecular weight excluding hydrogens is 265 g/mol. The molecule has 100 valence electrons. The van der Waals surface area contributed by atoms with Crippen LogP contribution in [0.25, 0.3) is 0 Å². The van der Waals surface area contributed by atoms with Gasteiger partial charge in [-0.15, -0.1) is 0 Å². The summed E-state index contributed by atoms with van der Waals surface area (Å²) in [5, 5.41) is 3.35. The number of anilines is 1. The zero-order valence-electron chi connectivity index (χ0n) is 9.67. The van der Waals surface area contributed by atoms with Crippen molar-refractivity contribution in [3.05, 3.63) is 23.5 Å². The number of hydrogen-bond donors (Lipinski definition) is 1. The van der Waals surface area contributed by atoms with Crippen LogP contribution in [0, 0.1) is 5.92 Å². The Morgan fingerprint density at radius 1 is 1.33 bits per heavy atom. The zero-order valence-corrected chi connectivity index (χ0v) is 10.4. The summed E-state index contributed by atoms with van der Waals surface area (Å²) in [6, 6.07) is 3.25. The first-order chi connectivity index (χ1) is 8.47. The second kappa shape index (κ2) is 5.34. The van der Waals surface area contributed by atoms with Crippen LogP contribution in [0.3, 0.4) is 0 Å². The second-order valence-electron chi connectivity index (χ2n) is 4.59. The third kappa shape index (κ3) is 3.28. The van der Waals surface area contributed by atoms with Crippen molar-refractivity contribution in [2.75, 3.05) is 5.32 Å². The van der Waals surface area contributed by atoms with E-state index < -0.39 is 12.1 Å². The van der Waals surface area contributed by atoms with Crippen LogP contribution in [0.15, 0.2) is 18.3 Å². The SMILES string of the molecule is FC(F)(F)C1CCCC(Nc2cccnc2Cl)C1. The highest BCUT2D eigenvalue weighted by Crippen LogP contribution is 2.38. The fourth-order valence-corrected chi connectivity index (χ4v) is 2.51. The average molecular weight is 279 g/mol. The predicted molar refractivity (Wildman–Crippen MR) is 64.7 cm³/mol. The van der Waals surface area contributed by atoms with Crippen molar-refractivity contribution in [1.82, 2.24) is 4.98 Å². The summed E-state index contributed by atoms with van der Waals surface area (Å²) in [6.07, 6.45) is -0.902. The molecule has 1 N–H and O–H groups in total. The molecule has 2 rings (SSSR count). The Morgan fingerprint density at radius 3 is 2.78 bits per heavy atom. The molecule has 1 fully saturated rings. The molecule has 18 heavy (non-hydrogen) atoms. The van der Waals surface area contributed by atoms with Crippen LogP contribution < -0.4 is 5.32 Å². The van der Waals surface area contributed by atoms with Crippen molar-refractivity contribution in [3.8, 4) is 0 Å². The lowest BCUT2D eigenvalue weighted by molar-refractivity contribution is -0.182. The first-order valence-corrected chi connectivity index (χ1v) is 6.28. The molecule has 1 aliphatic carbocycles. The van der Waals surface area contributed by atoms with E-state index in [4.69, 9.17) is 11.6 Å². The van der Waals surface area contributed by atoms with Gasteiger partial charge in [0.1, 0.15) is 0 Å². The number of aromatic nitrogens is 1. The number of hydrogen-bond acceptors (Lipinski definition) is 2. The molecule has 0 saturated heterocycles. The number of halogens is 4. The summed E-state index contributed by atoms with van der Waals surface area (Å²) in [6.45, 7) is 0. The van der Waals surface area contributed by atoms with Gasteiger partial charge in [0.15, 0.2) is 5.15 Å². The van der Waals surface area contributed by atoms with Crippen molar-refractivity contribution in [3.63, 3.8) is 0 Å². The van der Waals surface area contributed by atoms with E-state index >= 15 is 0 Å². The normalized spacial score (nSPS) is 24.9. The Morgan fingerprint density at radius 2 is 2.11 bits per heavy atom. The highest BCUT2D eigenvalue weighted by molar-refractivity contribution is 6.31.